The minimum absolute atomic E-state index is 0.847. The fourth-order valence-corrected chi connectivity index (χ4v) is 11.4. The number of fused-ring (bicyclic) bond motifs is 12. The highest BCUT2D eigenvalue weighted by Crippen LogP contribution is 2.44. The Labute approximate surface area is 383 Å². The first-order valence-electron chi connectivity index (χ1n) is 22.3. The summed E-state index contributed by atoms with van der Waals surface area (Å²) in [6.45, 7) is 0. The van der Waals surface area contributed by atoms with E-state index in [0.29, 0.717) is 0 Å². The van der Waals surface area contributed by atoms with E-state index < -0.39 is 0 Å². The third kappa shape index (κ3) is 5.67. The quantitative estimate of drug-likeness (QED) is 0.162. The molecule has 0 amide bonds. The van der Waals surface area contributed by atoms with E-state index in [0.717, 1.165) is 61.0 Å². The van der Waals surface area contributed by atoms with Gasteiger partial charge >= 0.3 is 0 Å². The van der Waals surface area contributed by atoms with Crippen molar-refractivity contribution in [2.45, 2.75) is 0 Å². The number of pyridine rings is 3. The lowest BCUT2D eigenvalue weighted by Crippen LogP contribution is -1.99. The maximum Gasteiger partial charge on any atom is 0.0795 e. The number of thiophene rings is 1. The summed E-state index contributed by atoms with van der Waals surface area (Å²) in [4.78, 5) is 15.3. The molecule has 4 nitrogen and oxygen atoms in total. The van der Waals surface area contributed by atoms with Crippen LogP contribution in [0.5, 0.6) is 0 Å². The van der Waals surface area contributed by atoms with Crippen LogP contribution in [0.25, 0.3) is 136 Å². The SMILES string of the molecule is c1ccc(-c2ccc3c(c2)c2cc4c5ccccc5c5ccc(-c6cccc7ccsc67)cc5c4cc2n3-c2cc(-c3cccc4cccnc34)nc(-c3cccc4cccnc34)c2)cc1. The Morgan fingerprint density at radius 3 is 1.67 bits per heavy atom. The van der Waals surface area contributed by atoms with Crippen molar-refractivity contribution < 1.29 is 0 Å². The van der Waals surface area contributed by atoms with Crippen LogP contribution in [-0.4, -0.2) is 19.5 Å². The molecule has 0 aliphatic rings. The second kappa shape index (κ2) is 14.5. The fourth-order valence-electron chi connectivity index (χ4n) is 10.5. The maximum atomic E-state index is 5.49. The van der Waals surface area contributed by atoms with Crippen molar-refractivity contribution in [1.29, 1.82) is 0 Å². The van der Waals surface area contributed by atoms with Gasteiger partial charge in [-0.25, -0.2) is 4.98 Å². The molecule has 0 unspecified atom stereocenters. The number of nitrogens with zero attached hydrogens (tertiary/aromatic N) is 4. The highest BCUT2D eigenvalue weighted by Gasteiger charge is 2.21. The standard InChI is InChI=1S/C61H36N4S/c1-2-11-37(12-3-1)41-24-26-57-53(31-41)54-35-51-46-19-5-4-18-45(46)47-25-23-42(44-20-8-15-40-27-30-66-61(40)44)32-50(47)52(51)36-58(54)65(57)43-33-55(48-21-6-13-38-16-9-28-62-59(38)48)64-56(34-43)49-22-7-14-39-17-10-29-63-60(39)49/h1-36H. The van der Waals surface area contributed by atoms with Crippen molar-refractivity contribution in [2.75, 3.05) is 0 Å². The normalized spacial score (nSPS) is 11.9. The zero-order chi connectivity index (χ0) is 43.3. The predicted molar refractivity (Wildman–Crippen MR) is 279 cm³/mol. The molecule has 9 aromatic carbocycles. The van der Waals surface area contributed by atoms with Crippen molar-refractivity contribution in [1.82, 2.24) is 19.5 Å². The number of aromatic nitrogens is 4. The molecule has 306 valence electrons. The Kier molecular flexibility index (Phi) is 8.12. The zero-order valence-electron chi connectivity index (χ0n) is 35.5. The van der Waals surface area contributed by atoms with Crippen LogP contribution < -0.4 is 0 Å². The molecule has 0 aliphatic heterocycles. The highest BCUT2D eigenvalue weighted by atomic mass is 32.1. The Balaban J connectivity index is 1.12. The molecule has 14 rings (SSSR count). The van der Waals surface area contributed by atoms with Gasteiger partial charge in [-0.2, -0.15) is 0 Å². The van der Waals surface area contributed by atoms with E-state index in [2.05, 4.69) is 198 Å². The number of hydrogen-bond donors (Lipinski definition) is 0. The van der Waals surface area contributed by atoms with Crippen molar-refractivity contribution in [3.63, 3.8) is 0 Å². The summed E-state index contributed by atoms with van der Waals surface area (Å²) in [6.07, 6.45) is 3.74. The molecule has 5 heterocycles. The summed E-state index contributed by atoms with van der Waals surface area (Å²) in [5, 5.41) is 15.4. The average molecular weight is 857 g/mol. The smallest absolute Gasteiger partial charge is 0.0795 e. The summed E-state index contributed by atoms with van der Waals surface area (Å²) in [5.74, 6) is 0. The molecule has 66 heavy (non-hydrogen) atoms. The molecule has 0 fully saturated rings. The molecule has 0 aliphatic carbocycles. The van der Waals surface area contributed by atoms with E-state index in [9.17, 15) is 0 Å². The molecule has 5 aromatic heterocycles. The van der Waals surface area contributed by atoms with Gasteiger partial charge in [-0.05, 0) is 126 Å². The first-order valence-corrected chi connectivity index (χ1v) is 23.2. The van der Waals surface area contributed by atoms with Crippen LogP contribution in [0.4, 0.5) is 0 Å². The van der Waals surface area contributed by atoms with Gasteiger partial charge in [0, 0.05) is 49.8 Å². The van der Waals surface area contributed by atoms with E-state index in [-0.39, 0.29) is 0 Å². The van der Waals surface area contributed by atoms with Gasteiger partial charge in [-0.3, -0.25) is 9.97 Å². The Hall–Kier alpha value is -8.51. The van der Waals surface area contributed by atoms with Gasteiger partial charge in [0.25, 0.3) is 0 Å². The lowest BCUT2D eigenvalue weighted by Gasteiger charge is -2.16. The van der Waals surface area contributed by atoms with Gasteiger partial charge in [0.15, 0.2) is 0 Å². The van der Waals surface area contributed by atoms with Crippen LogP contribution in [-0.2, 0) is 0 Å². The minimum Gasteiger partial charge on any atom is -0.309 e. The number of rotatable bonds is 5. The summed E-state index contributed by atoms with van der Waals surface area (Å²) in [6, 6.07) is 72.9. The summed E-state index contributed by atoms with van der Waals surface area (Å²) >= 11 is 1.81. The molecule has 0 saturated heterocycles. The second-order valence-corrected chi connectivity index (χ2v) is 18.1. The van der Waals surface area contributed by atoms with Gasteiger partial charge in [-0.15, -0.1) is 11.3 Å². The van der Waals surface area contributed by atoms with Crippen molar-refractivity contribution >= 4 is 97.4 Å². The van der Waals surface area contributed by atoms with Crippen molar-refractivity contribution in [3.8, 4) is 50.5 Å². The van der Waals surface area contributed by atoms with Gasteiger partial charge in [0.05, 0.1) is 39.1 Å². The van der Waals surface area contributed by atoms with Gasteiger partial charge in [0.1, 0.15) is 0 Å². The Bertz CT molecular complexity index is 4190. The number of para-hydroxylation sites is 2. The first kappa shape index (κ1) is 36.9. The monoisotopic (exact) mass is 856 g/mol. The minimum atomic E-state index is 0.847. The van der Waals surface area contributed by atoms with E-state index in [1.54, 1.807) is 0 Å². The topological polar surface area (TPSA) is 43.6 Å². The largest absolute Gasteiger partial charge is 0.309 e. The zero-order valence-corrected chi connectivity index (χ0v) is 36.3. The summed E-state index contributed by atoms with van der Waals surface area (Å²) < 4.78 is 3.77. The Morgan fingerprint density at radius 2 is 0.924 bits per heavy atom. The lowest BCUT2D eigenvalue weighted by molar-refractivity contribution is 1.16. The van der Waals surface area contributed by atoms with Crippen LogP contribution in [0, 0.1) is 0 Å². The second-order valence-electron chi connectivity index (χ2n) is 17.2. The van der Waals surface area contributed by atoms with Crippen LogP contribution in [0.15, 0.2) is 218 Å². The molecular weight excluding hydrogens is 821 g/mol. The van der Waals surface area contributed by atoms with Gasteiger partial charge in [-0.1, -0.05) is 140 Å². The molecule has 0 atom stereocenters. The lowest BCUT2D eigenvalue weighted by atomic mass is 9.91. The van der Waals surface area contributed by atoms with E-state index >= 15 is 0 Å². The van der Waals surface area contributed by atoms with Gasteiger partial charge < -0.3 is 4.57 Å². The highest BCUT2D eigenvalue weighted by molar-refractivity contribution is 7.17. The van der Waals surface area contributed by atoms with E-state index in [4.69, 9.17) is 15.0 Å². The summed E-state index contributed by atoms with van der Waals surface area (Å²) in [5.41, 5.74) is 13.6. The van der Waals surface area contributed by atoms with Crippen molar-refractivity contribution in [3.05, 3.63) is 218 Å². The first-order chi connectivity index (χ1) is 32.7. The van der Waals surface area contributed by atoms with Crippen molar-refractivity contribution in [2.24, 2.45) is 0 Å². The molecule has 14 aromatic rings. The van der Waals surface area contributed by atoms with Crippen LogP contribution in [0.1, 0.15) is 0 Å². The molecule has 0 N–H and O–H groups in total. The van der Waals surface area contributed by atoms with Gasteiger partial charge in [0.2, 0.25) is 0 Å². The van der Waals surface area contributed by atoms with E-state index in [1.165, 1.54) is 75.4 Å². The van der Waals surface area contributed by atoms with Crippen LogP contribution >= 0.6 is 11.3 Å². The molecule has 0 saturated carbocycles. The Morgan fingerprint density at radius 1 is 0.348 bits per heavy atom. The third-order valence-corrected chi connectivity index (χ3v) is 14.5. The number of hydrogen-bond acceptors (Lipinski definition) is 4. The summed E-state index contributed by atoms with van der Waals surface area (Å²) in [7, 11) is 0. The third-order valence-electron chi connectivity index (χ3n) is 13.5. The maximum absolute atomic E-state index is 5.49. The molecule has 5 heteroatoms. The molecule has 0 radical (unpaired) electrons. The van der Waals surface area contributed by atoms with Crippen LogP contribution in [0.2, 0.25) is 0 Å². The number of benzene rings is 9. The van der Waals surface area contributed by atoms with E-state index in [1.807, 2.05) is 35.9 Å². The fraction of sp³-hybridized carbons (Fsp3) is 0. The predicted octanol–water partition coefficient (Wildman–Crippen LogP) is 16.6. The average Bonchev–Trinajstić information content (AvgIpc) is 4.00. The molecular formula is C61H36N4S. The molecule has 0 bridgehead atoms. The van der Waals surface area contributed by atoms with Crippen LogP contribution in [0.3, 0.4) is 0 Å². The molecule has 0 spiro atoms.